The Kier molecular flexibility index (Phi) is 5.66. The highest BCUT2D eigenvalue weighted by atomic mass is 19.4. The summed E-state index contributed by atoms with van der Waals surface area (Å²) in [4.78, 5) is 16.3. The number of aryl methyl sites for hydroxylation is 1. The minimum absolute atomic E-state index is 0.00157. The van der Waals surface area contributed by atoms with Crippen molar-refractivity contribution >= 4 is 6.03 Å². The number of carbonyl (C=O) groups is 1. The van der Waals surface area contributed by atoms with Crippen molar-refractivity contribution in [1.29, 1.82) is 5.41 Å². The van der Waals surface area contributed by atoms with Gasteiger partial charge in [-0.15, -0.1) is 0 Å². The quantitative estimate of drug-likeness (QED) is 0.676. The summed E-state index contributed by atoms with van der Waals surface area (Å²) in [5.74, 6) is 0.741. The lowest BCUT2D eigenvalue weighted by Crippen LogP contribution is -2.35. The molecule has 8 nitrogen and oxygen atoms in total. The first-order valence-corrected chi connectivity index (χ1v) is 8.36. The molecule has 0 fully saturated rings. The van der Waals surface area contributed by atoms with Gasteiger partial charge in [0, 0.05) is 6.20 Å². The third-order valence-corrected chi connectivity index (χ3v) is 3.72. The molecule has 0 bridgehead atoms. The summed E-state index contributed by atoms with van der Waals surface area (Å²) in [6, 6.07) is 8.41. The molecule has 3 aromatic rings. The maximum Gasteiger partial charge on any atom is 0.422 e. The van der Waals surface area contributed by atoms with Crippen molar-refractivity contribution < 1.29 is 27.2 Å². The fraction of sp³-hybridized carbons (Fsp3) is 0.222. The molecule has 0 unspecified atom stereocenters. The van der Waals surface area contributed by atoms with Crippen LogP contribution < -0.4 is 15.5 Å². The molecule has 0 saturated carbocycles. The van der Waals surface area contributed by atoms with Crippen molar-refractivity contribution in [1.82, 2.24) is 20.0 Å². The van der Waals surface area contributed by atoms with Gasteiger partial charge in [-0.3, -0.25) is 9.98 Å². The fourth-order valence-corrected chi connectivity index (χ4v) is 2.40. The van der Waals surface area contributed by atoms with E-state index in [1.807, 2.05) is 0 Å². The molecule has 3 rings (SSSR count). The molecule has 2 heterocycles. The van der Waals surface area contributed by atoms with Crippen LogP contribution in [0.4, 0.5) is 18.0 Å². The van der Waals surface area contributed by atoms with E-state index in [4.69, 9.17) is 9.93 Å². The molecule has 11 heteroatoms. The predicted molar refractivity (Wildman–Crippen MR) is 93.9 cm³/mol. The summed E-state index contributed by atoms with van der Waals surface area (Å²) in [5, 5.41) is 14.1. The van der Waals surface area contributed by atoms with Crippen LogP contribution in [-0.2, 0) is 6.54 Å². The standard InChI is InChI=1S/C18H16F3N5O3/c1-11-24-16(29-25-11)8-23-17(27)26-9-13(4-7-15(26)22)12-2-5-14(6-3-12)28-10-18(19,20)21/h2-7,9,22H,8,10H2,1H3,(H,23,27). The number of alkyl halides is 3. The highest BCUT2D eigenvalue weighted by molar-refractivity contribution is 5.78. The lowest BCUT2D eigenvalue weighted by molar-refractivity contribution is -0.153. The Balaban J connectivity index is 1.72. The number of amides is 1. The summed E-state index contributed by atoms with van der Waals surface area (Å²) in [7, 11) is 0. The second-order valence-electron chi connectivity index (χ2n) is 6.00. The Morgan fingerprint density at radius 3 is 2.52 bits per heavy atom. The number of aromatic nitrogens is 3. The van der Waals surface area contributed by atoms with Gasteiger partial charge in [0.1, 0.15) is 11.2 Å². The fourth-order valence-electron chi connectivity index (χ4n) is 2.40. The highest BCUT2D eigenvalue weighted by Crippen LogP contribution is 2.23. The van der Waals surface area contributed by atoms with E-state index >= 15 is 0 Å². The zero-order valence-corrected chi connectivity index (χ0v) is 15.2. The van der Waals surface area contributed by atoms with Gasteiger partial charge in [0.25, 0.3) is 0 Å². The van der Waals surface area contributed by atoms with Crippen LogP contribution in [0.15, 0.2) is 47.1 Å². The van der Waals surface area contributed by atoms with E-state index in [-0.39, 0.29) is 23.7 Å². The van der Waals surface area contributed by atoms with Crippen LogP contribution in [0.3, 0.4) is 0 Å². The first-order valence-electron chi connectivity index (χ1n) is 8.36. The van der Waals surface area contributed by atoms with Crippen molar-refractivity contribution in [3.8, 4) is 16.9 Å². The van der Waals surface area contributed by atoms with Crippen LogP contribution in [0, 0.1) is 12.3 Å². The maximum absolute atomic E-state index is 12.4. The third-order valence-electron chi connectivity index (χ3n) is 3.72. The van der Waals surface area contributed by atoms with E-state index in [1.54, 1.807) is 25.1 Å². The van der Waals surface area contributed by atoms with Gasteiger partial charge in [-0.1, -0.05) is 17.3 Å². The molecule has 152 valence electrons. The molecule has 0 radical (unpaired) electrons. The number of carbonyl (C=O) groups excluding carboxylic acids is 1. The summed E-state index contributed by atoms with van der Waals surface area (Å²) in [5.41, 5.74) is 1.17. The molecule has 0 aliphatic heterocycles. The van der Waals surface area contributed by atoms with Gasteiger partial charge in [-0.25, -0.2) is 4.79 Å². The van der Waals surface area contributed by atoms with Crippen LogP contribution in [-0.4, -0.2) is 33.5 Å². The Hall–Kier alpha value is -3.63. The second-order valence-corrected chi connectivity index (χ2v) is 6.00. The van der Waals surface area contributed by atoms with Crippen molar-refractivity contribution in [2.24, 2.45) is 0 Å². The van der Waals surface area contributed by atoms with Crippen molar-refractivity contribution in [2.75, 3.05) is 6.61 Å². The van der Waals surface area contributed by atoms with Gasteiger partial charge in [-0.2, -0.15) is 18.2 Å². The number of nitrogens with zero attached hydrogens (tertiary/aromatic N) is 3. The molecule has 0 aliphatic carbocycles. The molecule has 2 N–H and O–H groups in total. The number of nitrogens with one attached hydrogen (secondary N) is 2. The number of halogens is 3. The Morgan fingerprint density at radius 2 is 1.90 bits per heavy atom. The van der Waals surface area contributed by atoms with Crippen molar-refractivity contribution in [3.63, 3.8) is 0 Å². The second kappa shape index (κ2) is 8.17. The maximum atomic E-state index is 12.4. The number of ether oxygens (including phenoxy) is 1. The largest absolute Gasteiger partial charge is 0.484 e. The predicted octanol–water partition coefficient (Wildman–Crippen LogP) is 3.02. The SMILES string of the molecule is Cc1noc(CNC(=O)n2cc(-c3ccc(OCC(F)(F)F)cc3)ccc2=N)n1. The van der Waals surface area contributed by atoms with Crippen molar-refractivity contribution in [2.45, 2.75) is 19.6 Å². The van der Waals surface area contributed by atoms with Crippen LogP contribution in [0.1, 0.15) is 11.7 Å². The van der Waals surface area contributed by atoms with Crippen molar-refractivity contribution in [3.05, 3.63) is 59.8 Å². The summed E-state index contributed by atoms with van der Waals surface area (Å²) >= 11 is 0. The average Bonchev–Trinajstić information content (AvgIpc) is 3.10. The zero-order valence-electron chi connectivity index (χ0n) is 15.2. The van der Waals surface area contributed by atoms with E-state index < -0.39 is 18.8 Å². The molecule has 0 aliphatic rings. The lowest BCUT2D eigenvalue weighted by Gasteiger charge is -2.11. The molecule has 1 amide bonds. The number of hydrogen-bond acceptors (Lipinski definition) is 6. The van der Waals surface area contributed by atoms with E-state index in [1.165, 1.54) is 24.4 Å². The highest BCUT2D eigenvalue weighted by Gasteiger charge is 2.28. The summed E-state index contributed by atoms with van der Waals surface area (Å²) in [6.45, 7) is 0.273. The molecule has 1 aromatic carbocycles. The topological polar surface area (TPSA) is 106 Å². The van der Waals surface area contributed by atoms with Crippen LogP contribution in [0.25, 0.3) is 11.1 Å². The molecular formula is C18H16F3N5O3. The number of benzene rings is 1. The van der Waals surface area contributed by atoms with Crippen LogP contribution in [0.5, 0.6) is 5.75 Å². The van der Waals surface area contributed by atoms with Crippen LogP contribution in [0.2, 0.25) is 0 Å². The molecule has 0 saturated heterocycles. The Labute approximate surface area is 162 Å². The molecular weight excluding hydrogens is 391 g/mol. The zero-order chi connectivity index (χ0) is 21.0. The van der Waals surface area contributed by atoms with Gasteiger partial charge >= 0.3 is 12.2 Å². The molecule has 2 aromatic heterocycles. The summed E-state index contributed by atoms with van der Waals surface area (Å²) in [6.07, 6.45) is -2.97. The summed E-state index contributed by atoms with van der Waals surface area (Å²) < 4.78 is 47.3. The Morgan fingerprint density at radius 1 is 1.21 bits per heavy atom. The minimum Gasteiger partial charge on any atom is -0.484 e. The smallest absolute Gasteiger partial charge is 0.422 e. The molecule has 0 spiro atoms. The number of hydrogen-bond donors (Lipinski definition) is 2. The van der Waals surface area contributed by atoms with E-state index in [0.29, 0.717) is 17.0 Å². The van der Waals surface area contributed by atoms with Gasteiger partial charge in [-0.05, 0) is 42.3 Å². The third kappa shape index (κ3) is 5.43. The van der Waals surface area contributed by atoms with Gasteiger partial charge in [0.2, 0.25) is 5.89 Å². The lowest BCUT2D eigenvalue weighted by atomic mass is 10.1. The molecule has 0 atom stereocenters. The number of pyridine rings is 1. The molecule has 29 heavy (non-hydrogen) atoms. The minimum atomic E-state index is -4.42. The first kappa shape index (κ1) is 20.1. The Bertz CT molecular complexity index is 1060. The normalized spacial score (nSPS) is 11.3. The van der Waals surface area contributed by atoms with Gasteiger partial charge in [0.05, 0.1) is 6.54 Å². The van der Waals surface area contributed by atoms with E-state index in [2.05, 4.69) is 20.2 Å². The monoisotopic (exact) mass is 407 g/mol. The average molecular weight is 407 g/mol. The van der Waals surface area contributed by atoms with Gasteiger partial charge in [0.15, 0.2) is 12.4 Å². The van der Waals surface area contributed by atoms with Crippen LogP contribution >= 0.6 is 0 Å². The number of rotatable bonds is 5. The van der Waals surface area contributed by atoms with E-state index in [9.17, 15) is 18.0 Å². The van der Waals surface area contributed by atoms with Gasteiger partial charge < -0.3 is 14.6 Å². The first-order chi connectivity index (χ1) is 13.7. The van der Waals surface area contributed by atoms with E-state index in [0.717, 1.165) is 4.57 Å².